The Morgan fingerprint density at radius 2 is 1.55 bits per heavy atom. The third-order valence-corrected chi connectivity index (χ3v) is 12.4. The Hall–Kier alpha value is -2.95. The second-order valence-corrected chi connectivity index (χ2v) is 22.5. The Labute approximate surface area is 315 Å². The van der Waals surface area contributed by atoms with E-state index >= 15 is 0 Å². The van der Waals surface area contributed by atoms with Gasteiger partial charge in [-0.1, -0.05) is 109 Å². The molecule has 1 unspecified atom stereocenters. The van der Waals surface area contributed by atoms with Crippen LogP contribution in [0.15, 0.2) is 79.1 Å². The molecular formula is C44H52IrN2SSi-2. The molecule has 0 N–H and O–H groups in total. The minimum Gasteiger partial charge on any atom is -0.305 e. The molecule has 0 amide bonds. The van der Waals surface area contributed by atoms with Crippen molar-refractivity contribution in [1.82, 2.24) is 9.97 Å². The first-order valence-electron chi connectivity index (χ1n) is 17.5. The maximum Gasteiger partial charge on any atom is 0.0798 e. The summed E-state index contributed by atoms with van der Waals surface area (Å²) in [6.07, 6.45) is 4.69. The number of aryl methyl sites for hydroxylation is 2. The SMILES string of the molecule is Cc1cc(-c2[c-]cccc2)ncc1[Si](C)(C)C.[2H]C(C)(CC(C)(C)C)c1ccnc(-c2[c-]ccc3c2sc2c(C)c(C(C)(C)C)ccc23)c1.[Ir]. The molecule has 6 aromatic rings. The van der Waals surface area contributed by atoms with E-state index in [9.17, 15) is 0 Å². The van der Waals surface area contributed by atoms with E-state index in [1.54, 1.807) is 0 Å². The van der Waals surface area contributed by atoms with Gasteiger partial charge in [-0.15, -0.1) is 59.7 Å². The Bertz CT molecular complexity index is 2100. The van der Waals surface area contributed by atoms with Gasteiger partial charge in [0.25, 0.3) is 0 Å². The molecule has 0 fully saturated rings. The van der Waals surface area contributed by atoms with Gasteiger partial charge in [0.15, 0.2) is 0 Å². The first-order valence-corrected chi connectivity index (χ1v) is 21.4. The number of fused-ring (bicyclic) bond motifs is 3. The molecule has 0 bridgehead atoms. The molecule has 0 spiro atoms. The van der Waals surface area contributed by atoms with Gasteiger partial charge in [0.1, 0.15) is 0 Å². The number of rotatable bonds is 5. The molecule has 0 aliphatic carbocycles. The van der Waals surface area contributed by atoms with Gasteiger partial charge < -0.3 is 9.97 Å². The molecular weight excluding hydrogens is 809 g/mol. The van der Waals surface area contributed by atoms with Crippen LogP contribution in [0.4, 0.5) is 0 Å². The third kappa shape index (κ3) is 9.05. The quantitative estimate of drug-likeness (QED) is 0.127. The van der Waals surface area contributed by atoms with Gasteiger partial charge >= 0.3 is 0 Å². The van der Waals surface area contributed by atoms with Gasteiger partial charge in [-0.05, 0) is 80.8 Å². The number of benzene rings is 3. The predicted molar refractivity (Wildman–Crippen MR) is 214 cm³/mol. The summed E-state index contributed by atoms with van der Waals surface area (Å²) in [5.41, 5.74) is 9.35. The van der Waals surface area contributed by atoms with Crippen LogP contribution in [0.25, 0.3) is 42.7 Å². The van der Waals surface area contributed by atoms with Crippen LogP contribution in [0.2, 0.25) is 19.6 Å². The van der Waals surface area contributed by atoms with E-state index in [1.165, 1.54) is 42.0 Å². The molecule has 1 radical (unpaired) electrons. The summed E-state index contributed by atoms with van der Waals surface area (Å²) in [7, 11) is -1.27. The molecule has 1 atom stereocenters. The molecule has 0 saturated heterocycles. The first-order chi connectivity index (χ1) is 22.8. The van der Waals surface area contributed by atoms with Gasteiger partial charge in [0, 0.05) is 38.6 Å². The van der Waals surface area contributed by atoms with Crippen LogP contribution in [0.3, 0.4) is 0 Å². The second kappa shape index (κ2) is 15.1. The van der Waals surface area contributed by atoms with Crippen LogP contribution in [0, 0.1) is 31.4 Å². The van der Waals surface area contributed by atoms with Gasteiger partial charge in [-0.3, -0.25) is 0 Å². The second-order valence-electron chi connectivity index (χ2n) is 16.4. The van der Waals surface area contributed by atoms with E-state index in [0.29, 0.717) is 0 Å². The number of hydrogen-bond acceptors (Lipinski definition) is 3. The zero-order chi connectivity index (χ0) is 35.9. The van der Waals surface area contributed by atoms with E-state index in [4.69, 9.17) is 6.35 Å². The van der Waals surface area contributed by atoms with Crippen molar-refractivity contribution in [2.24, 2.45) is 5.41 Å². The first kappa shape index (κ1) is 37.3. The van der Waals surface area contributed by atoms with Crippen LogP contribution in [-0.4, -0.2) is 18.0 Å². The summed E-state index contributed by atoms with van der Waals surface area (Å²) >= 11 is 1.85. The topological polar surface area (TPSA) is 25.8 Å². The number of hydrogen-bond donors (Lipinski definition) is 0. The third-order valence-electron chi connectivity index (χ3n) is 8.87. The molecule has 0 saturated carbocycles. The summed E-state index contributed by atoms with van der Waals surface area (Å²) in [6, 6.07) is 29.7. The largest absolute Gasteiger partial charge is 0.305 e. The van der Waals surface area contributed by atoms with E-state index in [-0.39, 0.29) is 30.9 Å². The Morgan fingerprint density at radius 1 is 0.837 bits per heavy atom. The number of nitrogens with zero attached hydrogens (tertiary/aromatic N) is 2. The van der Waals surface area contributed by atoms with Gasteiger partial charge in [0.05, 0.1) is 8.07 Å². The van der Waals surface area contributed by atoms with Crippen LogP contribution >= 0.6 is 11.3 Å². The fourth-order valence-electron chi connectivity index (χ4n) is 6.71. The molecule has 5 heteroatoms. The van der Waals surface area contributed by atoms with E-state index in [1.807, 2.05) is 54.8 Å². The van der Waals surface area contributed by atoms with Crippen molar-refractivity contribution in [3.05, 3.63) is 114 Å². The van der Waals surface area contributed by atoms with Crippen LogP contribution in [-0.2, 0) is 25.5 Å². The minimum atomic E-state index is -1.27. The number of pyridine rings is 2. The number of thiophene rings is 1. The summed E-state index contributed by atoms with van der Waals surface area (Å²) in [5, 5.41) is 4.01. The summed E-state index contributed by atoms with van der Waals surface area (Å²) in [4.78, 5) is 9.29. The fraction of sp³-hybridized carbons (Fsp3) is 0.364. The summed E-state index contributed by atoms with van der Waals surface area (Å²) < 4.78 is 11.6. The molecule has 2 nitrogen and oxygen atoms in total. The molecule has 3 heterocycles. The normalized spacial score (nSPS) is 13.7. The van der Waals surface area contributed by atoms with Gasteiger partial charge in [0.2, 0.25) is 0 Å². The van der Waals surface area contributed by atoms with Crippen molar-refractivity contribution < 1.29 is 21.5 Å². The van der Waals surface area contributed by atoms with Crippen molar-refractivity contribution in [1.29, 1.82) is 0 Å². The van der Waals surface area contributed by atoms with Crippen molar-refractivity contribution in [2.75, 3.05) is 0 Å². The predicted octanol–water partition coefficient (Wildman–Crippen LogP) is 12.5. The maximum atomic E-state index is 9.01. The molecule has 3 aromatic carbocycles. The fourth-order valence-corrected chi connectivity index (χ4v) is 9.73. The Morgan fingerprint density at radius 3 is 2.16 bits per heavy atom. The average Bonchev–Trinajstić information content (AvgIpc) is 3.40. The molecule has 259 valence electrons. The van der Waals surface area contributed by atoms with Crippen LogP contribution in [0.1, 0.15) is 84.4 Å². The Balaban J connectivity index is 0.000000264. The van der Waals surface area contributed by atoms with Gasteiger partial charge in [-0.25, -0.2) is 0 Å². The molecule has 0 aliphatic heterocycles. The summed E-state index contributed by atoms with van der Waals surface area (Å²) in [6.45, 7) is 26.9. The maximum absolute atomic E-state index is 9.01. The number of aromatic nitrogens is 2. The van der Waals surface area contributed by atoms with Crippen molar-refractivity contribution in [3.63, 3.8) is 0 Å². The minimum absolute atomic E-state index is 0. The van der Waals surface area contributed by atoms with Crippen molar-refractivity contribution in [3.8, 4) is 22.5 Å². The van der Waals surface area contributed by atoms with Crippen molar-refractivity contribution in [2.45, 2.75) is 99.7 Å². The van der Waals surface area contributed by atoms with Crippen molar-refractivity contribution >= 4 is 44.8 Å². The Kier molecular flexibility index (Phi) is 11.5. The van der Waals surface area contributed by atoms with E-state index < -0.39 is 14.0 Å². The van der Waals surface area contributed by atoms with E-state index in [2.05, 4.69) is 135 Å². The average molecular weight is 862 g/mol. The van der Waals surface area contributed by atoms with E-state index in [0.717, 1.165) is 34.5 Å². The van der Waals surface area contributed by atoms with Gasteiger partial charge in [-0.2, -0.15) is 11.3 Å². The van der Waals surface area contributed by atoms with Crippen LogP contribution in [0.5, 0.6) is 0 Å². The zero-order valence-electron chi connectivity index (χ0n) is 32.3. The monoisotopic (exact) mass is 862 g/mol. The standard InChI is InChI=1S/C29H34NS.C15H18NSi.Ir/c1-18(17-28(3,4)5)20-14-15-30-25(16-20)23-11-9-10-21-22-12-13-24(29(6,7)8)19(2)26(22)31-27(21)23;1-12-10-14(13-8-6-5-7-9-13)16-11-15(12)17(2,3)4;/h9-10,12-16,18H,17H2,1-8H3;5-8,10-11H,1-4H3;/q2*-1;/i18D;;. The summed E-state index contributed by atoms with van der Waals surface area (Å²) in [5.74, 6) is -0.664. The molecule has 0 aliphatic rings. The zero-order valence-corrected chi connectivity index (χ0v) is 35.6. The molecule has 3 aromatic heterocycles. The molecule has 6 rings (SSSR count). The molecule has 49 heavy (non-hydrogen) atoms. The van der Waals surface area contributed by atoms with Crippen LogP contribution < -0.4 is 5.19 Å². The smallest absolute Gasteiger partial charge is 0.0798 e.